The summed E-state index contributed by atoms with van der Waals surface area (Å²) < 4.78 is 11.0. The number of ether oxygens (including phenoxy) is 2. The van der Waals surface area contributed by atoms with E-state index in [9.17, 15) is 9.59 Å². The number of carbonyl (C=O) groups excluding carboxylic acids is 2. The Morgan fingerprint density at radius 2 is 1.62 bits per heavy atom. The number of allylic oxidation sites excluding steroid dienone is 1. The first-order chi connectivity index (χ1) is 11.0. The van der Waals surface area contributed by atoms with Crippen LogP contribution in [0.2, 0.25) is 0 Å². The number of rotatable bonds is 0. The first kappa shape index (κ1) is 16.2. The van der Waals surface area contributed by atoms with Crippen LogP contribution in [0.15, 0.2) is 11.1 Å². The van der Waals surface area contributed by atoms with Crippen molar-refractivity contribution in [2.24, 2.45) is 34.5 Å². The highest BCUT2D eigenvalue weighted by Crippen LogP contribution is 2.68. The molecule has 4 aliphatic rings. The Bertz CT molecular complexity index is 649. The molecular formula is C20H28O4. The minimum absolute atomic E-state index is 0.217. The van der Waals surface area contributed by atoms with Crippen molar-refractivity contribution in [3.05, 3.63) is 11.1 Å². The van der Waals surface area contributed by atoms with Crippen LogP contribution in [0.1, 0.15) is 60.8 Å². The molecule has 0 unspecified atom stereocenters. The van der Waals surface area contributed by atoms with Gasteiger partial charge in [0.2, 0.25) is 0 Å². The third-order valence-electron chi connectivity index (χ3n) is 7.39. The van der Waals surface area contributed by atoms with Gasteiger partial charge in [0, 0.05) is 13.8 Å². The van der Waals surface area contributed by atoms with E-state index in [1.807, 2.05) is 6.92 Å². The molecule has 24 heavy (non-hydrogen) atoms. The van der Waals surface area contributed by atoms with Crippen LogP contribution in [0, 0.1) is 34.5 Å². The predicted molar refractivity (Wildman–Crippen MR) is 88.7 cm³/mol. The van der Waals surface area contributed by atoms with E-state index < -0.39 is 23.1 Å². The Hall–Kier alpha value is -1.32. The maximum atomic E-state index is 12.9. The fraction of sp³-hybridized carbons (Fsp3) is 0.800. The van der Waals surface area contributed by atoms with Gasteiger partial charge in [0.15, 0.2) is 5.41 Å². The van der Waals surface area contributed by atoms with Gasteiger partial charge in [0.25, 0.3) is 5.79 Å². The summed E-state index contributed by atoms with van der Waals surface area (Å²) in [5, 5.41) is 0. The molecule has 0 aromatic heterocycles. The topological polar surface area (TPSA) is 52.6 Å². The minimum atomic E-state index is -1.19. The van der Waals surface area contributed by atoms with Crippen LogP contribution < -0.4 is 0 Å². The molecule has 2 bridgehead atoms. The summed E-state index contributed by atoms with van der Waals surface area (Å²) in [5.74, 6) is -0.0107. The molecular weight excluding hydrogens is 304 g/mol. The van der Waals surface area contributed by atoms with Crippen molar-refractivity contribution < 1.29 is 19.1 Å². The van der Waals surface area contributed by atoms with Gasteiger partial charge in [-0.1, -0.05) is 26.3 Å². The SMILES string of the molecule is CC1=C2[C@H](CC13C(=O)OC(C)(C)OC3=O)[C@H]1CCC(C)(C)[C@@H]2[C@H]1C. The Kier molecular flexibility index (Phi) is 2.99. The quantitative estimate of drug-likeness (QED) is 0.384. The molecule has 0 aromatic rings. The lowest BCUT2D eigenvalue weighted by Gasteiger charge is -2.44. The van der Waals surface area contributed by atoms with E-state index >= 15 is 0 Å². The molecule has 0 radical (unpaired) electrons. The van der Waals surface area contributed by atoms with Crippen LogP contribution in [0.4, 0.5) is 0 Å². The molecule has 1 saturated heterocycles. The van der Waals surface area contributed by atoms with Crippen LogP contribution in [0.3, 0.4) is 0 Å². The minimum Gasteiger partial charge on any atom is -0.422 e. The van der Waals surface area contributed by atoms with Crippen LogP contribution in [-0.2, 0) is 19.1 Å². The molecule has 132 valence electrons. The number of fused-ring (bicyclic) bond motifs is 5. The zero-order valence-corrected chi connectivity index (χ0v) is 15.6. The molecule has 0 amide bonds. The average molecular weight is 332 g/mol. The van der Waals surface area contributed by atoms with Gasteiger partial charge >= 0.3 is 11.9 Å². The molecule has 3 fully saturated rings. The number of hydrogen-bond donors (Lipinski definition) is 0. The number of carbonyl (C=O) groups is 2. The van der Waals surface area contributed by atoms with Crippen molar-refractivity contribution >= 4 is 11.9 Å². The second kappa shape index (κ2) is 4.44. The summed E-state index contributed by atoms with van der Waals surface area (Å²) in [7, 11) is 0. The first-order valence-corrected chi connectivity index (χ1v) is 9.19. The van der Waals surface area contributed by atoms with Gasteiger partial charge in [-0.15, -0.1) is 0 Å². The van der Waals surface area contributed by atoms with Gasteiger partial charge in [-0.05, 0) is 60.8 Å². The number of cyclic esters (lactones) is 2. The summed E-state index contributed by atoms with van der Waals surface area (Å²) >= 11 is 0. The molecule has 4 heteroatoms. The largest absolute Gasteiger partial charge is 0.422 e. The zero-order chi connectivity index (χ0) is 17.7. The van der Waals surface area contributed by atoms with E-state index in [0.717, 1.165) is 5.57 Å². The Labute approximate surface area is 144 Å². The Morgan fingerprint density at radius 1 is 1.04 bits per heavy atom. The zero-order valence-electron chi connectivity index (χ0n) is 15.6. The third kappa shape index (κ3) is 1.75. The molecule has 4 atom stereocenters. The molecule has 1 aliphatic heterocycles. The fourth-order valence-electron chi connectivity index (χ4n) is 6.35. The van der Waals surface area contributed by atoms with E-state index in [1.165, 1.54) is 18.4 Å². The van der Waals surface area contributed by atoms with E-state index in [0.29, 0.717) is 30.1 Å². The molecule has 2 saturated carbocycles. The van der Waals surface area contributed by atoms with Crippen molar-refractivity contribution in [2.75, 3.05) is 0 Å². The van der Waals surface area contributed by atoms with Crippen molar-refractivity contribution in [1.29, 1.82) is 0 Å². The number of hydrogen-bond acceptors (Lipinski definition) is 4. The number of esters is 2. The normalized spacial score (nSPS) is 41.2. The predicted octanol–water partition coefficient (Wildman–Crippen LogP) is 3.85. The van der Waals surface area contributed by atoms with Crippen molar-refractivity contribution in [3.8, 4) is 0 Å². The molecule has 1 heterocycles. The fourth-order valence-corrected chi connectivity index (χ4v) is 6.35. The molecule has 0 N–H and O–H groups in total. The van der Waals surface area contributed by atoms with Crippen LogP contribution >= 0.6 is 0 Å². The van der Waals surface area contributed by atoms with Gasteiger partial charge in [-0.3, -0.25) is 9.59 Å². The monoisotopic (exact) mass is 332 g/mol. The standard InChI is InChI=1S/C20H28O4/c1-10-12-7-8-18(3,4)15(10)14-11(2)20(9-13(12)14)16(21)23-19(5,6)24-17(20)22/h10,12-13,15H,7-9H2,1-6H3/t10-,12-,13+,15+/m0/s1. The summed E-state index contributed by atoms with van der Waals surface area (Å²) in [6.45, 7) is 12.2. The highest BCUT2D eigenvalue weighted by Gasteiger charge is 2.67. The lowest BCUT2D eigenvalue weighted by molar-refractivity contribution is -0.248. The summed E-state index contributed by atoms with van der Waals surface area (Å²) in [4.78, 5) is 25.8. The molecule has 0 aromatic carbocycles. The van der Waals surface area contributed by atoms with Crippen LogP contribution in [0.25, 0.3) is 0 Å². The maximum absolute atomic E-state index is 12.9. The van der Waals surface area contributed by atoms with Crippen LogP contribution in [-0.4, -0.2) is 17.7 Å². The summed E-state index contributed by atoms with van der Waals surface area (Å²) in [5.41, 5.74) is 1.31. The average Bonchev–Trinajstić information content (AvgIpc) is 2.82. The van der Waals surface area contributed by atoms with E-state index in [4.69, 9.17) is 9.47 Å². The van der Waals surface area contributed by atoms with Crippen molar-refractivity contribution in [3.63, 3.8) is 0 Å². The van der Waals surface area contributed by atoms with E-state index in [2.05, 4.69) is 20.8 Å². The van der Waals surface area contributed by atoms with Gasteiger partial charge in [-0.2, -0.15) is 0 Å². The first-order valence-electron chi connectivity index (χ1n) is 9.19. The summed E-state index contributed by atoms with van der Waals surface area (Å²) in [6.07, 6.45) is 2.94. The third-order valence-corrected chi connectivity index (χ3v) is 7.39. The second-order valence-electron chi connectivity index (χ2n) is 9.50. The van der Waals surface area contributed by atoms with Gasteiger partial charge in [0.1, 0.15) is 0 Å². The smallest absolute Gasteiger partial charge is 0.331 e. The molecule has 4 rings (SSSR count). The van der Waals surface area contributed by atoms with Gasteiger partial charge < -0.3 is 9.47 Å². The molecule has 3 aliphatic carbocycles. The van der Waals surface area contributed by atoms with Crippen LogP contribution in [0.5, 0.6) is 0 Å². The second-order valence-corrected chi connectivity index (χ2v) is 9.50. The van der Waals surface area contributed by atoms with Crippen molar-refractivity contribution in [2.45, 2.75) is 66.6 Å². The highest BCUT2D eigenvalue weighted by molar-refractivity contribution is 6.06. The Morgan fingerprint density at radius 3 is 2.21 bits per heavy atom. The van der Waals surface area contributed by atoms with Gasteiger partial charge in [-0.25, -0.2) is 0 Å². The lowest BCUT2D eigenvalue weighted by atomic mass is 9.62. The Balaban J connectivity index is 1.84. The maximum Gasteiger partial charge on any atom is 0.331 e. The molecule has 4 nitrogen and oxygen atoms in total. The summed E-state index contributed by atoms with van der Waals surface area (Å²) in [6, 6.07) is 0. The molecule has 1 spiro atoms. The van der Waals surface area contributed by atoms with Gasteiger partial charge in [0.05, 0.1) is 0 Å². The highest BCUT2D eigenvalue weighted by atomic mass is 16.7. The van der Waals surface area contributed by atoms with E-state index in [1.54, 1.807) is 13.8 Å². The van der Waals surface area contributed by atoms with Crippen molar-refractivity contribution in [1.82, 2.24) is 0 Å². The lowest BCUT2D eigenvalue weighted by Crippen LogP contribution is -2.54. The van der Waals surface area contributed by atoms with E-state index in [-0.39, 0.29) is 5.41 Å².